The first-order valence-electron chi connectivity index (χ1n) is 23.7. The predicted octanol–water partition coefficient (Wildman–Crippen LogP) is 9.58. The molecule has 2 aliphatic rings. The summed E-state index contributed by atoms with van der Waals surface area (Å²) in [4.78, 5) is 52.1. The van der Waals surface area contributed by atoms with Crippen molar-refractivity contribution in [2.24, 2.45) is 0 Å². The zero-order valence-corrected chi connectivity index (χ0v) is 44.5. The molecular formula is C49H86O14Si2. The molecule has 0 amide bonds. The molecule has 0 aromatic heterocycles. The molecule has 65 heavy (non-hydrogen) atoms. The molecule has 14 nitrogen and oxygen atoms in total. The lowest BCUT2D eigenvalue weighted by Gasteiger charge is -2.52. The molecule has 1 N–H and O–H groups in total. The van der Waals surface area contributed by atoms with Gasteiger partial charge in [0, 0.05) is 25.3 Å². The smallest absolute Gasteiger partial charge is 0.333 e. The predicted molar refractivity (Wildman–Crippen MR) is 256 cm³/mol. The summed E-state index contributed by atoms with van der Waals surface area (Å²) < 4.78 is 59.4. The van der Waals surface area contributed by atoms with Gasteiger partial charge in [0.15, 0.2) is 41.4 Å². The van der Waals surface area contributed by atoms with Crippen LogP contribution < -0.4 is 0 Å². The quantitative estimate of drug-likeness (QED) is 0.0217. The van der Waals surface area contributed by atoms with Gasteiger partial charge in [-0.05, 0) is 82.7 Å². The van der Waals surface area contributed by atoms with Gasteiger partial charge >= 0.3 is 17.9 Å². The number of rotatable bonds is 26. The number of ketones is 1. The van der Waals surface area contributed by atoms with Crippen molar-refractivity contribution >= 4 is 40.3 Å². The first-order valence-corrected chi connectivity index (χ1v) is 29.5. The molecule has 0 aromatic carbocycles. The Morgan fingerprint density at radius 2 is 1.38 bits per heavy atom. The number of allylic oxidation sites excluding steroid dienone is 2. The summed E-state index contributed by atoms with van der Waals surface area (Å²) in [6, 6.07) is 0. The van der Waals surface area contributed by atoms with Crippen molar-refractivity contribution in [3.8, 4) is 0 Å². The third kappa shape index (κ3) is 17.8. The average Bonchev–Trinajstić information content (AvgIpc) is 3.20. The van der Waals surface area contributed by atoms with E-state index in [9.17, 15) is 24.3 Å². The Balaban J connectivity index is 2.87. The first kappa shape index (κ1) is 58.6. The van der Waals surface area contributed by atoms with Crippen LogP contribution in [0.5, 0.6) is 0 Å². The van der Waals surface area contributed by atoms with Crippen molar-refractivity contribution < 1.29 is 66.3 Å². The molecule has 2 aliphatic heterocycles. The van der Waals surface area contributed by atoms with Crippen LogP contribution in [-0.2, 0) is 61.2 Å². The second-order valence-corrected chi connectivity index (χ2v) is 30.1. The highest BCUT2D eigenvalue weighted by molar-refractivity contribution is 6.74. The lowest BCUT2D eigenvalue weighted by atomic mass is 9.97. The topological polar surface area (TPSA) is 172 Å². The van der Waals surface area contributed by atoms with Gasteiger partial charge in [-0.25, -0.2) is 4.79 Å². The SMILES string of the molecule is C=CCCCC(=O)CCC(=O)OC[C@H]1O[C@@H](O[C@H]2[C@H](O[C@@H](CC=C)CCCCC)O[C@H](C)[C@H](OC(C)=O)[C@@H]2O[Si](C)(C)C(C)(C)C)[C@H](O[Si](C)(C)C(C)(C)C)[C@@H](OC(=O)/C(C)=C/C)[C@@H]1O. The molecule has 2 rings (SSSR count). The van der Waals surface area contributed by atoms with Gasteiger partial charge in [0.1, 0.15) is 42.9 Å². The third-order valence-corrected chi connectivity index (χ3v) is 22.1. The van der Waals surface area contributed by atoms with Gasteiger partial charge < -0.3 is 47.1 Å². The molecule has 0 saturated carbocycles. The molecule has 374 valence electrons. The highest BCUT2D eigenvalue weighted by atomic mass is 28.4. The largest absolute Gasteiger partial charge is 0.463 e. The number of esters is 3. The Bertz CT molecular complexity index is 1580. The second-order valence-electron chi connectivity index (χ2n) is 20.6. The van der Waals surface area contributed by atoms with Crippen molar-refractivity contribution in [2.75, 3.05) is 6.61 Å². The first-order chi connectivity index (χ1) is 30.1. The molecule has 2 fully saturated rings. The minimum Gasteiger partial charge on any atom is -0.463 e. The van der Waals surface area contributed by atoms with E-state index in [1.807, 2.05) is 13.1 Å². The van der Waals surface area contributed by atoms with Crippen molar-refractivity contribution in [1.82, 2.24) is 0 Å². The molecule has 11 atom stereocenters. The van der Waals surface area contributed by atoms with E-state index in [0.29, 0.717) is 37.7 Å². The van der Waals surface area contributed by atoms with Crippen molar-refractivity contribution in [2.45, 2.75) is 244 Å². The van der Waals surface area contributed by atoms with E-state index in [0.717, 1.165) is 19.3 Å². The third-order valence-electron chi connectivity index (χ3n) is 13.2. The Kier molecular flexibility index (Phi) is 23.7. The monoisotopic (exact) mass is 955 g/mol. The van der Waals surface area contributed by atoms with Crippen LogP contribution in [0.1, 0.15) is 140 Å². The normalized spacial score (nSPS) is 27.4. The van der Waals surface area contributed by atoms with Crippen LogP contribution >= 0.6 is 0 Å². The maximum absolute atomic E-state index is 13.7. The fourth-order valence-electron chi connectivity index (χ4n) is 6.93. The van der Waals surface area contributed by atoms with Gasteiger partial charge in [0.25, 0.3) is 0 Å². The molecule has 0 aliphatic carbocycles. The Labute approximate surface area is 393 Å². The Hall–Kier alpha value is -2.55. The van der Waals surface area contributed by atoms with Gasteiger partial charge in [-0.2, -0.15) is 0 Å². The number of hydrogen-bond donors (Lipinski definition) is 1. The van der Waals surface area contributed by atoms with Crippen LogP contribution in [-0.4, -0.2) is 120 Å². The number of aliphatic hydroxyl groups excluding tert-OH is 1. The zero-order valence-electron chi connectivity index (χ0n) is 42.5. The summed E-state index contributed by atoms with van der Waals surface area (Å²) in [6.45, 7) is 36.5. The summed E-state index contributed by atoms with van der Waals surface area (Å²) in [5.41, 5.74) is 0.291. The van der Waals surface area contributed by atoms with E-state index >= 15 is 0 Å². The molecule has 0 radical (unpaired) electrons. The summed E-state index contributed by atoms with van der Waals surface area (Å²) in [5.74, 6) is -1.98. The van der Waals surface area contributed by atoms with Gasteiger partial charge in [-0.15, -0.1) is 13.2 Å². The number of ether oxygens (including phenoxy) is 7. The number of unbranched alkanes of at least 4 members (excludes halogenated alkanes) is 3. The minimum absolute atomic E-state index is 0.00696. The van der Waals surface area contributed by atoms with E-state index in [-0.39, 0.29) is 34.8 Å². The van der Waals surface area contributed by atoms with Gasteiger partial charge in [0.2, 0.25) is 0 Å². The van der Waals surface area contributed by atoms with Gasteiger partial charge in [-0.1, -0.05) is 86.0 Å². The van der Waals surface area contributed by atoms with Crippen LogP contribution in [0.4, 0.5) is 0 Å². The van der Waals surface area contributed by atoms with Crippen molar-refractivity contribution in [1.29, 1.82) is 0 Å². The van der Waals surface area contributed by atoms with E-state index < -0.39 is 103 Å². The second kappa shape index (κ2) is 26.3. The summed E-state index contributed by atoms with van der Waals surface area (Å²) in [5, 5.41) is 11.5. The number of carbonyl (C=O) groups is 4. The van der Waals surface area contributed by atoms with Crippen LogP contribution in [0.3, 0.4) is 0 Å². The Morgan fingerprint density at radius 3 is 1.92 bits per heavy atom. The van der Waals surface area contributed by atoms with Crippen LogP contribution in [0.2, 0.25) is 36.3 Å². The fraction of sp³-hybridized carbons (Fsp3) is 0.796. The number of Topliss-reactive ketones (excluding diaryl/α,β-unsaturated/α-hetero) is 1. The standard InChI is InChI=1S/C49H86O14Si2/c1-18-22-24-27-35(51)29-30-38(52)55-31-37-39(53)41(60-45(54)32(5)21-4)44(63-65(16,17)49(11,12)13)47(59-37)61-43-42(62-64(14,15)48(8,9)10)40(57-34(7)50)33(6)56-46(43)58-36(26-20-3)28-25-23-19-2/h18,20-21,33,36-37,39-44,46-47,53H,1,3,19,22-31H2,2,4-17H3/b32-21+/t33-,36+,37-,39-,40+,41+,42+,43-,44-,46+,47+/m1/s1. The number of hydrogen-bond acceptors (Lipinski definition) is 14. The van der Waals surface area contributed by atoms with Crippen LogP contribution in [0, 0.1) is 0 Å². The maximum Gasteiger partial charge on any atom is 0.333 e. The van der Waals surface area contributed by atoms with Crippen molar-refractivity contribution in [3.63, 3.8) is 0 Å². The molecule has 0 unspecified atom stereocenters. The highest BCUT2D eigenvalue weighted by Crippen LogP contribution is 2.44. The molecule has 0 aromatic rings. The average molecular weight is 955 g/mol. The van der Waals surface area contributed by atoms with E-state index in [4.69, 9.17) is 42.0 Å². The minimum atomic E-state index is -2.82. The van der Waals surface area contributed by atoms with E-state index in [1.165, 1.54) is 6.92 Å². The molecule has 2 heterocycles. The van der Waals surface area contributed by atoms with Crippen molar-refractivity contribution in [3.05, 3.63) is 37.0 Å². The number of aliphatic hydroxyl groups is 1. The van der Waals surface area contributed by atoms with Gasteiger partial charge in [0.05, 0.1) is 18.6 Å². The van der Waals surface area contributed by atoms with E-state index in [1.54, 1.807) is 39.0 Å². The summed E-state index contributed by atoms with van der Waals surface area (Å²) >= 11 is 0. The molecular weight excluding hydrogens is 869 g/mol. The zero-order chi connectivity index (χ0) is 49.5. The lowest BCUT2D eigenvalue weighted by Crippen LogP contribution is -2.68. The van der Waals surface area contributed by atoms with Crippen LogP contribution in [0.25, 0.3) is 0 Å². The summed E-state index contributed by atoms with van der Waals surface area (Å²) in [6.07, 6.45) is -1.39. The Morgan fingerprint density at radius 1 is 0.769 bits per heavy atom. The van der Waals surface area contributed by atoms with E-state index in [2.05, 4.69) is 74.7 Å². The molecule has 0 spiro atoms. The lowest BCUT2D eigenvalue weighted by molar-refractivity contribution is -0.366. The fourth-order valence-corrected chi connectivity index (χ4v) is 9.51. The molecule has 16 heteroatoms. The number of carbonyl (C=O) groups excluding carboxylic acids is 4. The highest BCUT2D eigenvalue weighted by Gasteiger charge is 2.58. The maximum atomic E-state index is 13.7. The summed E-state index contributed by atoms with van der Waals surface area (Å²) in [7, 11) is -5.52. The van der Waals surface area contributed by atoms with Gasteiger partial charge in [-0.3, -0.25) is 14.4 Å². The van der Waals surface area contributed by atoms with Crippen LogP contribution in [0.15, 0.2) is 37.0 Å². The molecule has 2 saturated heterocycles. The molecule has 0 bridgehead atoms.